The van der Waals surface area contributed by atoms with Crippen LogP contribution in [0.25, 0.3) is 0 Å². The number of benzene rings is 1. The van der Waals surface area contributed by atoms with Crippen molar-refractivity contribution < 1.29 is 0 Å². The number of anilines is 1. The molecule has 0 spiro atoms. The maximum atomic E-state index is 6.01. The van der Waals surface area contributed by atoms with Crippen LogP contribution >= 0.6 is 11.6 Å². The molecule has 0 saturated carbocycles. The normalized spacial score (nSPS) is 10.8. The van der Waals surface area contributed by atoms with Crippen molar-refractivity contribution in [2.45, 2.75) is 33.2 Å². The first-order valence-electron chi connectivity index (χ1n) is 6.38. The minimum absolute atomic E-state index is 0.263. The Balaban J connectivity index is 2.08. The molecule has 2 aromatic rings. The number of hydrogen-bond acceptors (Lipinski definition) is 3. The van der Waals surface area contributed by atoms with Crippen molar-refractivity contribution in [3.8, 4) is 0 Å². The lowest BCUT2D eigenvalue weighted by Gasteiger charge is -2.09. The Morgan fingerprint density at radius 2 is 1.84 bits per heavy atom. The quantitative estimate of drug-likeness (QED) is 0.851. The summed E-state index contributed by atoms with van der Waals surface area (Å²) in [5, 5.41) is 3.76. The molecule has 0 aliphatic rings. The smallest absolute Gasteiger partial charge is 0.135 e. The minimum Gasteiger partial charge on any atom is -0.366 e. The van der Waals surface area contributed by atoms with E-state index in [1.807, 2.05) is 0 Å². The van der Waals surface area contributed by atoms with Gasteiger partial charge in [-0.1, -0.05) is 55.3 Å². The largest absolute Gasteiger partial charge is 0.366 e. The molecule has 19 heavy (non-hydrogen) atoms. The molecule has 0 radical (unpaired) electrons. The van der Waals surface area contributed by atoms with Gasteiger partial charge in [0.05, 0.1) is 0 Å². The molecule has 1 aromatic carbocycles. The number of nitrogens with zero attached hydrogens (tertiary/aromatic N) is 2. The number of halogens is 1. The summed E-state index contributed by atoms with van der Waals surface area (Å²) in [5.74, 6) is 1.79. The second-order valence-corrected chi connectivity index (χ2v) is 5.32. The van der Waals surface area contributed by atoms with E-state index in [0.29, 0.717) is 5.15 Å². The van der Waals surface area contributed by atoms with Gasteiger partial charge in [-0.05, 0) is 12.5 Å². The molecule has 1 N–H and O–H groups in total. The van der Waals surface area contributed by atoms with Crippen LogP contribution in [0.2, 0.25) is 5.15 Å². The molecule has 0 unspecified atom stereocenters. The average molecular weight is 276 g/mol. The van der Waals surface area contributed by atoms with Crippen LogP contribution in [0.15, 0.2) is 30.3 Å². The summed E-state index contributed by atoms with van der Waals surface area (Å²) < 4.78 is 0. The summed E-state index contributed by atoms with van der Waals surface area (Å²) in [5.41, 5.74) is 2.47. The zero-order chi connectivity index (χ0) is 13.8. The van der Waals surface area contributed by atoms with E-state index in [4.69, 9.17) is 11.6 Å². The van der Waals surface area contributed by atoms with Gasteiger partial charge in [0.1, 0.15) is 16.8 Å². The van der Waals surface area contributed by atoms with Crippen LogP contribution in [0.5, 0.6) is 0 Å². The van der Waals surface area contributed by atoms with E-state index in [0.717, 1.165) is 18.2 Å². The standard InChI is InChI=1S/C15H18ClN3/c1-10(2)15-18-13(16)8-14(19-15)17-9-12-6-4-11(3)5-7-12/h4-8,10H,9H2,1-3H3,(H,17,18,19). The molecule has 0 bridgehead atoms. The van der Waals surface area contributed by atoms with Crippen LogP contribution < -0.4 is 5.32 Å². The van der Waals surface area contributed by atoms with E-state index in [2.05, 4.69) is 60.3 Å². The molecular weight excluding hydrogens is 258 g/mol. The van der Waals surface area contributed by atoms with Crippen LogP contribution in [0, 0.1) is 6.92 Å². The van der Waals surface area contributed by atoms with Gasteiger partial charge < -0.3 is 5.32 Å². The maximum Gasteiger partial charge on any atom is 0.135 e. The van der Waals surface area contributed by atoms with Crippen molar-refractivity contribution in [2.24, 2.45) is 0 Å². The molecule has 3 nitrogen and oxygen atoms in total. The van der Waals surface area contributed by atoms with Crippen LogP contribution in [-0.2, 0) is 6.54 Å². The van der Waals surface area contributed by atoms with Gasteiger partial charge in [-0.2, -0.15) is 0 Å². The minimum atomic E-state index is 0.263. The Hall–Kier alpha value is -1.61. The van der Waals surface area contributed by atoms with Crippen molar-refractivity contribution in [1.82, 2.24) is 9.97 Å². The topological polar surface area (TPSA) is 37.8 Å². The number of aryl methyl sites for hydroxylation is 1. The van der Waals surface area contributed by atoms with Crippen LogP contribution in [0.1, 0.15) is 36.7 Å². The molecule has 1 aromatic heterocycles. The van der Waals surface area contributed by atoms with E-state index in [9.17, 15) is 0 Å². The lowest BCUT2D eigenvalue weighted by molar-refractivity contribution is 0.774. The Morgan fingerprint density at radius 1 is 1.16 bits per heavy atom. The predicted octanol–water partition coefficient (Wildman–Crippen LogP) is 4.17. The molecular formula is C15H18ClN3. The van der Waals surface area contributed by atoms with Gasteiger partial charge in [0.25, 0.3) is 0 Å². The van der Waals surface area contributed by atoms with E-state index in [1.165, 1.54) is 11.1 Å². The summed E-state index contributed by atoms with van der Waals surface area (Å²) in [4.78, 5) is 8.67. The first kappa shape index (κ1) is 13.8. The van der Waals surface area contributed by atoms with E-state index >= 15 is 0 Å². The molecule has 4 heteroatoms. The third kappa shape index (κ3) is 3.93. The third-order valence-corrected chi connectivity index (χ3v) is 3.02. The molecule has 2 rings (SSSR count). The number of rotatable bonds is 4. The second kappa shape index (κ2) is 6.02. The first-order chi connectivity index (χ1) is 9.04. The fourth-order valence-corrected chi connectivity index (χ4v) is 1.87. The highest BCUT2D eigenvalue weighted by atomic mass is 35.5. The number of aromatic nitrogens is 2. The Kier molecular flexibility index (Phi) is 4.38. The van der Waals surface area contributed by atoms with Gasteiger partial charge in [0.15, 0.2) is 0 Å². The second-order valence-electron chi connectivity index (χ2n) is 4.93. The van der Waals surface area contributed by atoms with Gasteiger partial charge in [-0.15, -0.1) is 0 Å². The van der Waals surface area contributed by atoms with Gasteiger partial charge in [-0.25, -0.2) is 9.97 Å². The van der Waals surface area contributed by atoms with Crippen LogP contribution in [0.4, 0.5) is 5.82 Å². The average Bonchev–Trinajstić information content (AvgIpc) is 2.37. The molecule has 0 aliphatic heterocycles. The SMILES string of the molecule is Cc1ccc(CNc2cc(Cl)nc(C(C)C)n2)cc1. The Morgan fingerprint density at radius 3 is 2.47 bits per heavy atom. The summed E-state index contributed by atoms with van der Waals surface area (Å²) in [6.45, 7) is 6.91. The maximum absolute atomic E-state index is 6.01. The zero-order valence-electron chi connectivity index (χ0n) is 11.4. The lowest BCUT2D eigenvalue weighted by atomic mass is 10.1. The molecule has 0 amide bonds. The van der Waals surface area contributed by atoms with Crippen molar-refractivity contribution in [3.63, 3.8) is 0 Å². The monoisotopic (exact) mass is 275 g/mol. The molecule has 0 aliphatic carbocycles. The van der Waals surface area contributed by atoms with Crippen molar-refractivity contribution in [1.29, 1.82) is 0 Å². The third-order valence-electron chi connectivity index (χ3n) is 2.82. The van der Waals surface area contributed by atoms with E-state index < -0.39 is 0 Å². The highest BCUT2D eigenvalue weighted by Gasteiger charge is 2.06. The van der Waals surface area contributed by atoms with E-state index in [-0.39, 0.29) is 5.92 Å². The molecule has 0 saturated heterocycles. The van der Waals surface area contributed by atoms with Crippen molar-refractivity contribution in [3.05, 3.63) is 52.4 Å². The Labute approximate surface area is 119 Å². The first-order valence-corrected chi connectivity index (χ1v) is 6.76. The summed E-state index contributed by atoms with van der Waals surface area (Å²) >= 11 is 6.01. The van der Waals surface area contributed by atoms with Crippen LogP contribution in [0.3, 0.4) is 0 Å². The fourth-order valence-electron chi connectivity index (χ4n) is 1.68. The van der Waals surface area contributed by atoms with Gasteiger partial charge in [-0.3, -0.25) is 0 Å². The molecule has 1 heterocycles. The van der Waals surface area contributed by atoms with Crippen molar-refractivity contribution >= 4 is 17.4 Å². The van der Waals surface area contributed by atoms with Crippen LogP contribution in [-0.4, -0.2) is 9.97 Å². The van der Waals surface area contributed by atoms with E-state index in [1.54, 1.807) is 6.07 Å². The number of hydrogen-bond donors (Lipinski definition) is 1. The molecule has 0 fully saturated rings. The lowest BCUT2D eigenvalue weighted by Crippen LogP contribution is -2.05. The van der Waals surface area contributed by atoms with Gasteiger partial charge in [0.2, 0.25) is 0 Å². The number of nitrogens with one attached hydrogen (secondary N) is 1. The molecule has 100 valence electrons. The Bertz CT molecular complexity index is 550. The molecule has 0 atom stereocenters. The highest BCUT2D eigenvalue weighted by Crippen LogP contribution is 2.17. The van der Waals surface area contributed by atoms with Gasteiger partial charge in [0, 0.05) is 18.5 Å². The highest BCUT2D eigenvalue weighted by molar-refractivity contribution is 6.29. The predicted molar refractivity (Wildman–Crippen MR) is 79.6 cm³/mol. The van der Waals surface area contributed by atoms with Gasteiger partial charge >= 0.3 is 0 Å². The summed E-state index contributed by atoms with van der Waals surface area (Å²) in [6, 6.07) is 10.2. The zero-order valence-corrected chi connectivity index (χ0v) is 12.2. The van der Waals surface area contributed by atoms with Crippen molar-refractivity contribution in [2.75, 3.05) is 5.32 Å². The fraction of sp³-hybridized carbons (Fsp3) is 0.333. The summed E-state index contributed by atoms with van der Waals surface area (Å²) in [7, 11) is 0. The summed E-state index contributed by atoms with van der Waals surface area (Å²) in [6.07, 6.45) is 0.